The van der Waals surface area contributed by atoms with Gasteiger partial charge < -0.3 is 5.11 Å². The van der Waals surface area contributed by atoms with Crippen molar-refractivity contribution in [2.75, 3.05) is 5.75 Å². The second kappa shape index (κ2) is 4.56. The smallest absolute Gasteiger partial charge is 0.331 e. The molecule has 1 aromatic carbocycles. The van der Waals surface area contributed by atoms with Crippen molar-refractivity contribution in [2.24, 2.45) is 0 Å². The van der Waals surface area contributed by atoms with Crippen molar-refractivity contribution in [3.8, 4) is 6.07 Å². The summed E-state index contributed by atoms with van der Waals surface area (Å²) in [5.74, 6) is -0.0933. The summed E-state index contributed by atoms with van der Waals surface area (Å²) in [6.45, 7) is 0. The van der Waals surface area contributed by atoms with E-state index in [1.165, 1.54) is 11.8 Å². The number of hydrogen-bond acceptors (Lipinski definition) is 4. The van der Waals surface area contributed by atoms with Gasteiger partial charge in [-0.3, -0.25) is 5.32 Å². The maximum atomic E-state index is 10.8. The van der Waals surface area contributed by atoms with Crippen LogP contribution in [0.1, 0.15) is 17.2 Å². The molecule has 2 atom stereocenters. The monoisotopic (exact) mass is 234 g/mol. The summed E-state index contributed by atoms with van der Waals surface area (Å²) in [4.78, 5) is 10.8. The Hall–Kier alpha value is -1.51. The molecule has 0 aromatic heterocycles. The van der Waals surface area contributed by atoms with Gasteiger partial charge in [0.05, 0.1) is 11.6 Å². The van der Waals surface area contributed by atoms with Crippen LogP contribution in [0.2, 0.25) is 0 Å². The summed E-state index contributed by atoms with van der Waals surface area (Å²) in [5.41, 5.74) is 1.64. The molecule has 82 valence electrons. The molecular weight excluding hydrogens is 224 g/mol. The lowest BCUT2D eigenvalue weighted by Gasteiger charge is -2.10. The van der Waals surface area contributed by atoms with Crippen LogP contribution in [-0.2, 0) is 4.79 Å². The Morgan fingerprint density at radius 3 is 2.69 bits per heavy atom. The third-order valence-electron chi connectivity index (χ3n) is 2.45. The van der Waals surface area contributed by atoms with Crippen molar-refractivity contribution >= 4 is 17.7 Å². The molecule has 4 nitrogen and oxygen atoms in total. The number of nitrogens with zero attached hydrogens (tertiary/aromatic N) is 1. The normalized spacial score (nSPS) is 23.9. The van der Waals surface area contributed by atoms with Crippen LogP contribution in [0.25, 0.3) is 0 Å². The molecular formula is C11H10N2O2S. The van der Waals surface area contributed by atoms with Crippen LogP contribution in [0.3, 0.4) is 0 Å². The fourth-order valence-corrected chi connectivity index (χ4v) is 2.67. The average Bonchev–Trinajstić information content (AvgIpc) is 2.78. The van der Waals surface area contributed by atoms with E-state index in [0.29, 0.717) is 5.56 Å². The Labute approximate surface area is 97.3 Å². The molecule has 0 spiro atoms. The molecule has 1 aliphatic rings. The molecule has 16 heavy (non-hydrogen) atoms. The summed E-state index contributed by atoms with van der Waals surface area (Å²) in [7, 11) is 0. The first-order valence-electron chi connectivity index (χ1n) is 4.81. The molecule has 0 bridgehead atoms. The standard InChI is InChI=1S/C11H10N2O2S/c12-5-7-1-3-8(4-2-7)9-6-16-10(13-9)11(14)15/h1-4,9-10,13H,6H2,(H,14,15)/t9-,10-/m1/s1. The number of rotatable bonds is 2. The molecule has 0 unspecified atom stereocenters. The molecule has 2 N–H and O–H groups in total. The highest BCUT2D eigenvalue weighted by Crippen LogP contribution is 2.29. The fraction of sp³-hybridized carbons (Fsp3) is 0.273. The number of benzene rings is 1. The summed E-state index contributed by atoms with van der Waals surface area (Å²) in [5, 5.41) is 20.0. The quantitative estimate of drug-likeness (QED) is 0.808. The number of carbonyl (C=O) groups is 1. The Kier molecular flexibility index (Phi) is 3.13. The predicted octanol–water partition coefficient (Wildman–Crippen LogP) is 1.35. The number of aliphatic carboxylic acids is 1. The van der Waals surface area contributed by atoms with Crippen LogP contribution in [0, 0.1) is 11.3 Å². The zero-order valence-electron chi connectivity index (χ0n) is 8.38. The molecule has 1 aliphatic heterocycles. The van der Waals surface area contributed by atoms with Gasteiger partial charge in [-0.25, -0.2) is 4.79 Å². The first-order chi connectivity index (χ1) is 7.70. The van der Waals surface area contributed by atoms with E-state index in [9.17, 15) is 4.79 Å². The van der Waals surface area contributed by atoms with E-state index in [-0.39, 0.29) is 6.04 Å². The summed E-state index contributed by atoms with van der Waals surface area (Å²) >= 11 is 1.39. The molecule has 5 heteroatoms. The van der Waals surface area contributed by atoms with Gasteiger partial charge in [-0.1, -0.05) is 12.1 Å². The summed E-state index contributed by atoms with van der Waals surface area (Å²) < 4.78 is 0. The number of nitriles is 1. The largest absolute Gasteiger partial charge is 0.479 e. The van der Waals surface area contributed by atoms with Crippen molar-refractivity contribution in [2.45, 2.75) is 11.4 Å². The number of carboxylic acid groups (broad SMARTS) is 1. The van der Waals surface area contributed by atoms with Gasteiger partial charge in [0.2, 0.25) is 0 Å². The van der Waals surface area contributed by atoms with Gasteiger partial charge in [-0.05, 0) is 17.7 Å². The van der Waals surface area contributed by atoms with E-state index in [0.717, 1.165) is 11.3 Å². The van der Waals surface area contributed by atoms with Crippen LogP contribution in [-0.4, -0.2) is 22.2 Å². The molecule has 1 fully saturated rings. The molecule has 1 aromatic rings. The molecule has 0 saturated carbocycles. The molecule has 1 heterocycles. The van der Waals surface area contributed by atoms with E-state index in [1.54, 1.807) is 12.1 Å². The van der Waals surface area contributed by atoms with Gasteiger partial charge >= 0.3 is 5.97 Å². The Bertz CT molecular complexity index is 438. The van der Waals surface area contributed by atoms with Crippen molar-refractivity contribution < 1.29 is 9.90 Å². The minimum Gasteiger partial charge on any atom is -0.479 e. The molecule has 0 aliphatic carbocycles. The lowest BCUT2D eigenvalue weighted by Crippen LogP contribution is -2.30. The number of hydrogen-bond donors (Lipinski definition) is 2. The van der Waals surface area contributed by atoms with Crippen LogP contribution < -0.4 is 5.32 Å². The maximum Gasteiger partial charge on any atom is 0.331 e. The van der Waals surface area contributed by atoms with Gasteiger partial charge in [-0.15, -0.1) is 11.8 Å². The zero-order chi connectivity index (χ0) is 11.5. The molecule has 1 saturated heterocycles. The molecule has 0 radical (unpaired) electrons. The lowest BCUT2D eigenvalue weighted by atomic mass is 10.1. The maximum absolute atomic E-state index is 10.8. The van der Waals surface area contributed by atoms with Gasteiger partial charge in [0.15, 0.2) is 5.37 Å². The van der Waals surface area contributed by atoms with Crippen molar-refractivity contribution in [3.63, 3.8) is 0 Å². The topological polar surface area (TPSA) is 73.1 Å². The summed E-state index contributed by atoms with van der Waals surface area (Å²) in [6.07, 6.45) is 0. The third kappa shape index (κ3) is 2.18. The van der Waals surface area contributed by atoms with Gasteiger partial charge in [0.1, 0.15) is 0 Å². The Morgan fingerprint density at radius 1 is 1.50 bits per heavy atom. The second-order valence-corrected chi connectivity index (χ2v) is 4.64. The second-order valence-electron chi connectivity index (χ2n) is 3.50. The highest BCUT2D eigenvalue weighted by atomic mass is 32.2. The van der Waals surface area contributed by atoms with E-state index < -0.39 is 11.3 Å². The van der Waals surface area contributed by atoms with Gasteiger partial charge in [-0.2, -0.15) is 5.26 Å². The van der Waals surface area contributed by atoms with Gasteiger partial charge in [0.25, 0.3) is 0 Å². The minimum atomic E-state index is -0.832. The number of thioether (sulfide) groups is 1. The molecule has 0 amide bonds. The van der Waals surface area contributed by atoms with E-state index in [2.05, 4.69) is 11.4 Å². The summed E-state index contributed by atoms with van der Waals surface area (Å²) in [6, 6.07) is 9.32. The predicted molar refractivity (Wildman–Crippen MR) is 60.9 cm³/mol. The highest BCUT2D eigenvalue weighted by molar-refractivity contribution is 8.00. The van der Waals surface area contributed by atoms with E-state index in [1.807, 2.05) is 12.1 Å². The fourth-order valence-electron chi connectivity index (χ4n) is 1.60. The minimum absolute atomic E-state index is 0.0545. The van der Waals surface area contributed by atoms with E-state index >= 15 is 0 Å². The van der Waals surface area contributed by atoms with Crippen molar-refractivity contribution in [1.82, 2.24) is 5.32 Å². The zero-order valence-corrected chi connectivity index (χ0v) is 9.20. The van der Waals surface area contributed by atoms with Crippen LogP contribution in [0.4, 0.5) is 0 Å². The first kappa shape index (κ1) is 11.0. The van der Waals surface area contributed by atoms with Crippen molar-refractivity contribution in [3.05, 3.63) is 35.4 Å². The van der Waals surface area contributed by atoms with Gasteiger partial charge in [0, 0.05) is 11.8 Å². The average molecular weight is 234 g/mol. The van der Waals surface area contributed by atoms with Crippen LogP contribution >= 0.6 is 11.8 Å². The van der Waals surface area contributed by atoms with Crippen molar-refractivity contribution in [1.29, 1.82) is 5.26 Å². The molecule has 2 rings (SSSR count). The highest BCUT2D eigenvalue weighted by Gasteiger charge is 2.30. The van der Waals surface area contributed by atoms with Crippen LogP contribution in [0.5, 0.6) is 0 Å². The van der Waals surface area contributed by atoms with Crippen LogP contribution in [0.15, 0.2) is 24.3 Å². The first-order valence-corrected chi connectivity index (χ1v) is 5.86. The van der Waals surface area contributed by atoms with E-state index in [4.69, 9.17) is 10.4 Å². The third-order valence-corrected chi connectivity index (χ3v) is 3.65. The number of nitrogens with one attached hydrogen (secondary N) is 1. The lowest BCUT2D eigenvalue weighted by molar-refractivity contribution is -0.137. The Balaban J connectivity index is 2.09. The number of carboxylic acids is 1. The Morgan fingerprint density at radius 2 is 2.19 bits per heavy atom. The SMILES string of the molecule is N#Cc1ccc([C@H]2CS[C@H](C(=O)O)N2)cc1.